The highest BCUT2D eigenvalue weighted by Crippen LogP contribution is 2.20. The highest BCUT2D eigenvalue weighted by atomic mass is 32.2. The third kappa shape index (κ3) is 2.50. The molecule has 0 bridgehead atoms. The Bertz CT molecular complexity index is 418. The Kier molecular flexibility index (Phi) is 2.91. The molecule has 1 aromatic heterocycles. The molecular formula is C10H12N4S. The second-order valence-corrected chi connectivity index (χ2v) is 4.16. The van der Waals surface area contributed by atoms with Gasteiger partial charge in [0.25, 0.3) is 0 Å². The summed E-state index contributed by atoms with van der Waals surface area (Å²) in [5.74, 6) is 1.97. The smallest absolute Gasteiger partial charge is 0.218 e. The Morgan fingerprint density at radius 1 is 1.33 bits per heavy atom. The lowest BCUT2D eigenvalue weighted by Crippen LogP contribution is -1.97. The van der Waals surface area contributed by atoms with Crippen LogP contribution in [0, 0.1) is 0 Å². The van der Waals surface area contributed by atoms with Gasteiger partial charge in [-0.05, 0) is 12.1 Å². The van der Waals surface area contributed by atoms with Crippen molar-refractivity contribution in [3.8, 4) is 0 Å². The monoisotopic (exact) mass is 220 g/mol. The molecule has 0 radical (unpaired) electrons. The van der Waals surface area contributed by atoms with Gasteiger partial charge in [-0.1, -0.05) is 18.2 Å². The van der Waals surface area contributed by atoms with E-state index in [0.29, 0.717) is 5.95 Å². The van der Waals surface area contributed by atoms with Crippen LogP contribution < -0.4 is 5.73 Å². The Morgan fingerprint density at radius 2 is 2.07 bits per heavy atom. The summed E-state index contributed by atoms with van der Waals surface area (Å²) in [7, 11) is 1.79. The molecule has 0 atom stereocenters. The first kappa shape index (κ1) is 10.0. The number of benzene rings is 1. The van der Waals surface area contributed by atoms with Gasteiger partial charge in [0.1, 0.15) is 0 Å². The maximum Gasteiger partial charge on any atom is 0.218 e. The SMILES string of the molecule is Cn1nc(CSc2ccccc2)nc1N. The van der Waals surface area contributed by atoms with Gasteiger partial charge in [0.2, 0.25) is 5.95 Å². The molecule has 0 amide bonds. The van der Waals surface area contributed by atoms with Crippen LogP contribution >= 0.6 is 11.8 Å². The minimum atomic E-state index is 0.457. The van der Waals surface area contributed by atoms with Crippen molar-refractivity contribution < 1.29 is 0 Å². The van der Waals surface area contributed by atoms with Crippen molar-refractivity contribution in [2.45, 2.75) is 10.6 Å². The predicted molar refractivity (Wildman–Crippen MR) is 61.4 cm³/mol. The molecule has 0 unspecified atom stereocenters. The van der Waals surface area contributed by atoms with Crippen LogP contribution in [0.2, 0.25) is 0 Å². The van der Waals surface area contributed by atoms with Crippen molar-refractivity contribution >= 4 is 17.7 Å². The van der Waals surface area contributed by atoms with Crippen molar-refractivity contribution in [2.24, 2.45) is 7.05 Å². The first-order valence-electron chi connectivity index (χ1n) is 4.59. The summed E-state index contributed by atoms with van der Waals surface area (Å²) in [5, 5.41) is 4.19. The highest BCUT2D eigenvalue weighted by molar-refractivity contribution is 7.98. The van der Waals surface area contributed by atoms with Crippen LogP contribution in [0.4, 0.5) is 5.95 Å². The summed E-state index contributed by atoms with van der Waals surface area (Å²) in [6, 6.07) is 10.2. The number of aryl methyl sites for hydroxylation is 1. The van der Waals surface area contributed by atoms with Gasteiger partial charge in [-0.25, -0.2) is 4.68 Å². The quantitative estimate of drug-likeness (QED) is 0.800. The first-order chi connectivity index (χ1) is 7.25. The maximum absolute atomic E-state index is 5.59. The van der Waals surface area contributed by atoms with Gasteiger partial charge in [-0.2, -0.15) is 10.1 Å². The zero-order valence-corrected chi connectivity index (χ0v) is 9.24. The second kappa shape index (κ2) is 4.35. The fourth-order valence-corrected chi connectivity index (χ4v) is 1.94. The van der Waals surface area contributed by atoms with Crippen LogP contribution in [0.5, 0.6) is 0 Å². The lowest BCUT2D eigenvalue weighted by molar-refractivity contribution is 0.765. The summed E-state index contributed by atoms with van der Waals surface area (Å²) in [6.45, 7) is 0. The van der Waals surface area contributed by atoms with Crippen LogP contribution in [0.3, 0.4) is 0 Å². The van der Waals surface area contributed by atoms with E-state index in [4.69, 9.17) is 5.73 Å². The minimum absolute atomic E-state index is 0.457. The largest absolute Gasteiger partial charge is 0.368 e. The number of anilines is 1. The van der Waals surface area contributed by atoms with Gasteiger partial charge in [0.05, 0.1) is 5.75 Å². The van der Waals surface area contributed by atoms with E-state index in [1.54, 1.807) is 23.5 Å². The molecule has 0 aliphatic heterocycles. The molecule has 4 nitrogen and oxygen atoms in total. The van der Waals surface area contributed by atoms with Crippen LogP contribution in [0.1, 0.15) is 5.82 Å². The van der Waals surface area contributed by atoms with E-state index in [-0.39, 0.29) is 0 Å². The van der Waals surface area contributed by atoms with Gasteiger partial charge in [-0.15, -0.1) is 11.8 Å². The molecular weight excluding hydrogens is 208 g/mol. The molecule has 2 N–H and O–H groups in total. The fraction of sp³-hybridized carbons (Fsp3) is 0.200. The van der Waals surface area contributed by atoms with E-state index in [1.165, 1.54) is 4.90 Å². The molecule has 0 spiro atoms. The number of hydrogen-bond acceptors (Lipinski definition) is 4. The molecule has 78 valence electrons. The standard InChI is InChI=1S/C10H12N4S/c1-14-10(11)12-9(13-14)7-15-8-5-3-2-4-6-8/h2-6H,7H2,1H3,(H2,11,12,13). The third-order valence-corrected chi connectivity index (χ3v) is 2.96. The Morgan fingerprint density at radius 3 is 2.67 bits per heavy atom. The van der Waals surface area contributed by atoms with E-state index in [2.05, 4.69) is 22.2 Å². The van der Waals surface area contributed by atoms with Gasteiger partial charge in [-0.3, -0.25) is 0 Å². The summed E-state index contributed by atoms with van der Waals surface area (Å²) >= 11 is 1.70. The minimum Gasteiger partial charge on any atom is -0.368 e. The normalized spacial score (nSPS) is 10.5. The molecule has 0 saturated carbocycles. The van der Waals surface area contributed by atoms with E-state index in [9.17, 15) is 0 Å². The van der Waals surface area contributed by atoms with E-state index in [0.717, 1.165) is 11.6 Å². The molecule has 2 rings (SSSR count). The van der Waals surface area contributed by atoms with E-state index < -0.39 is 0 Å². The van der Waals surface area contributed by atoms with Crippen molar-refractivity contribution in [1.82, 2.24) is 14.8 Å². The van der Waals surface area contributed by atoms with Gasteiger partial charge >= 0.3 is 0 Å². The van der Waals surface area contributed by atoms with Gasteiger partial charge < -0.3 is 5.73 Å². The van der Waals surface area contributed by atoms with Crippen molar-refractivity contribution in [1.29, 1.82) is 0 Å². The van der Waals surface area contributed by atoms with E-state index in [1.807, 2.05) is 18.2 Å². The molecule has 1 heterocycles. The maximum atomic E-state index is 5.59. The van der Waals surface area contributed by atoms with Crippen molar-refractivity contribution in [3.63, 3.8) is 0 Å². The summed E-state index contributed by atoms with van der Waals surface area (Å²) in [6.07, 6.45) is 0. The van der Waals surface area contributed by atoms with Crippen molar-refractivity contribution in [2.75, 3.05) is 5.73 Å². The lowest BCUT2D eigenvalue weighted by atomic mass is 10.4. The summed E-state index contributed by atoms with van der Waals surface area (Å²) in [4.78, 5) is 5.35. The molecule has 0 saturated heterocycles. The van der Waals surface area contributed by atoms with Crippen LogP contribution in [0.25, 0.3) is 0 Å². The van der Waals surface area contributed by atoms with Crippen LogP contribution in [-0.2, 0) is 12.8 Å². The van der Waals surface area contributed by atoms with Crippen LogP contribution in [0.15, 0.2) is 35.2 Å². The predicted octanol–water partition coefficient (Wildman–Crippen LogP) is 1.69. The molecule has 5 heteroatoms. The fourth-order valence-electron chi connectivity index (χ4n) is 1.18. The number of aromatic nitrogens is 3. The van der Waals surface area contributed by atoms with Gasteiger partial charge in [0.15, 0.2) is 5.82 Å². The van der Waals surface area contributed by atoms with Crippen LogP contribution in [-0.4, -0.2) is 14.8 Å². The number of thioether (sulfide) groups is 1. The highest BCUT2D eigenvalue weighted by Gasteiger charge is 2.03. The Labute approximate surface area is 92.5 Å². The number of rotatable bonds is 3. The first-order valence-corrected chi connectivity index (χ1v) is 5.57. The lowest BCUT2D eigenvalue weighted by Gasteiger charge is -1.96. The summed E-state index contributed by atoms with van der Waals surface area (Å²) < 4.78 is 1.58. The zero-order valence-electron chi connectivity index (χ0n) is 8.42. The number of nitrogens with two attached hydrogens (primary N) is 1. The molecule has 15 heavy (non-hydrogen) atoms. The van der Waals surface area contributed by atoms with Crippen molar-refractivity contribution in [3.05, 3.63) is 36.2 Å². The molecule has 0 aliphatic carbocycles. The average Bonchev–Trinajstić information content (AvgIpc) is 2.57. The Balaban J connectivity index is 1.99. The number of nitrogen functional groups attached to an aromatic ring is 1. The zero-order chi connectivity index (χ0) is 10.7. The average molecular weight is 220 g/mol. The van der Waals surface area contributed by atoms with Gasteiger partial charge in [0, 0.05) is 11.9 Å². The molecule has 0 fully saturated rings. The molecule has 1 aromatic carbocycles. The second-order valence-electron chi connectivity index (χ2n) is 3.11. The molecule has 0 aliphatic rings. The third-order valence-electron chi connectivity index (χ3n) is 1.95. The number of hydrogen-bond donors (Lipinski definition) is 1. The summed E-state index contributed by atoms with van der Waals surface area (Å²) in [5.41, 5.74) is 5.59. The molecule has 2 aromatic rings. The number of nitrogens with zero attached hydrogens (tertiary/aromatic N) is 3. The Hall–Kier alpha value is -1.49. The topological polar surface area (TPSA) is 56.7 Å². The van der Waals surface area contributed by atoms with E-state index >= 15 is 0 Å².